The van der Waals surface area contributed by atoms with Crippen molar-refractivity contribution < 1.29 is 4.79 Å². The molecule has 0 atom stereocenters. The quantitative estimate of drug-likeness (QED) is 0.809. The van der Waals surface area contributed by atoms with Gasteiger partial charge in [0.25, 0.3) is 5.91 Å². The van der Waals surface area contributed by atoms with Gasteiger partial charge in [-0.3, -0.25) is 4.79 Å². The van der Waals surface area contributed by atoms with Gasteiger partial charge in [0.2, 0.25) is 0 Å². The van der Waals surface area contributed by atoms with Crippen molar-refractivity contribution >= 4 is 11.6 Å². The number of hydrogen-bond acceptors (Lipinski definition) is 3. The number of benzene rings is 2. The van der Waals surface area contributed by atoms with E-state index >= 15 is 0 Å². The number of rotatable bonds is 3. The first-order valence-corrected chi connectivity index (χ1v) is 7.70. The minimum atomic E-state index is -0.245. The Morgan fingerprint density at radius 2 is 1.87 bits per heavy atom. The summed E-state index contributed by atoms with van der Waals surface area (Å²) in [7, 11) is 0. The Balaban J connectivity index is 1.52. The molecule has 5 heteroatoms. The van der Waals surface area contributed by atoms with Crippen molar-refractivity contribution in [2.75, 3.05) is 5.32 Å². The maximum absolute atomic E-state index is 12.3. The maximum Gasteiger partial charge on any atom is 0.277 e. The Morgan fingerprint density at radius 1 is 1.04 bits per heavy atom. The molecule has 0 aliphatic heterocycles. The summed E-state index contributed by atoms with van der Waals surface area (Å²) >= 11 is 0. The Bertz CT molecular complexity index is 854. The summed E-state index contributed by atoms with van der Waals surface area (Å²) in [5.41, 5.74) is 4.70. The van der Waals surface area contributed by atoms with Crippen molar-refractivity contribution in [3.63, 3.8) is 0 Å². The first-order valence-electron chi connectivity index (χ1n) is 7.70. The molecule has 1 amide bonds. The molecule has 5 nitrogen and oxygen atoms in total. The lowest BCUT2D eigenvalue weighted by atomic mass is 10.1. The normalized spacial score (nSPS) is 12.9. The number of nitrogens with zero attached hydrogens (tertiary/aromatic N) is 3. The fourth-order valence-corrected chi connectivity index (χ4v) is 2.92. The van der Waals surface area contributed by atoms with Crippen LogP contribution in [-0.2, 0) is 12.8 Å². The number of fused-ring (bicyclic) bond motifs is 1. The minimum absolute atomic E-state index is 0.245. The zero-order valence-corrected chi connectivity index (χ0v) is 12.6. The molecule has 1 N–H and O–H groups in total. The molecular formula is C18H16N4O. The van der Waals surface area contributed by atoms with Gasteiger partial charge in [0.15, 0.2) is 5.69 Å². The molecule has 0 saturated carbocycles. The largest absolute Gasteiger partial charge is 0.321 e. The second kappa shape index (κ2) is 5.68. The molecule has 2 aromatic carbocycles. The van der Waals surface area contributed by atoms with Crippen LogP contribution in [-0.4, -0.2) is 20.9 Å². The molecule has 0 unspecified atom stereocenters. The average molecular weight is 304 g/mol. The van der Waals surface area contributed by atoms with E-state index < -0.39 is 0 Å². The molecule has 0 fully saturated rings. The fraction of sp³-hybridized carbons (Fsp3) is 0.167. The average Bonchev–Trinajstić information content (AvgIpc) is 3.24. The summed E-state index contributed by atoms with van der Waals surface area (Å²) in [6.07, 6.45) is 5.05. The topological polar surface area (TPSA) is 59.8 Å². The predicted molar refractivity (Wildman–Crippen MR) is 87.8 cm³/mol. The molecule has 0 bridgehead atoms. The Morgan fingerprint density at radius 3 is 2.74 bits per heavy atom. The van der Waals surface area contributed by atoms with Crippen LogP contribution >= 0.6 is 0 Å². The highest BCUT2D eigenvalue weighted by molar-refractivity contribution is 6.02. The highest BCUT2D eigenvalue weighted by Crippen LogP contribution is 2.25. The highest BCUT2D eigenvalue weighted by atomic mass is 16.2. The molecule has 23 heavy (non-hydrogen) atoms. The van der Waals surface area contributed by atoms with E-state index in [1.54, 1.807) is 10.9 Å². The highest BCUT2D eigenvalue weighted by Gasteiger charge is 2.14. The summed E-state index contributed by atoms with van der Waals surface area (Å²) in [4.78, 5) is 12.3. The predicted octanol–water partition coefficient (Wildman–Crippen LogP) is 3.01. The summed E-state index contributed by atoms with van der Waals surface area (Å²) < 4.78 is 1.59. The van der Waals surface area contributed by atoms with E-state index in [9.17, 15) is 4.79 Å². The van der Waals surface area contributed by atoms with Crippen molar-refractivity contribution in [1.82, 2.24) is 15.0 Å². The molecule has 1 aliphatic rings. The number of nitrogens with one attached hydrogen (secondary N) is 1. The van der Waals surface area contributed by atoms with Gasteiger partial charge in [-0.1, -0.05) is 29.5 Å². The third kappa shape index (κ3) is 2.73. The zero-order valence-electron chi connectivity index (χ0n) is 12.6. The fourth-order valence-electron chi connectivity index (χ4n) is 2.92. The smallest absolute Gasteiger partial charge is 0.277 e. The van der Waals surface area contributed by atoms with E-state index in [4.69, 9.17) is 0 Å². The lowest BCUT2D eigenvalue weighted by Crippen LogP contribution is -2.12. The van der Waals surface area contributed by atoms with Crippen LogP contribution in [0, 0.1) is 0 Å². The van der Waals surface area contributed by atoms with Crippen molar-refractivity contribution in [3.8, 4) is 5.69 Å². The SMILES string of the molecule is O=C(Nc1ccc2c(c1)CCC2)c1cn(-c2ccccc2)nn1. The molecule has 3 aromatic rings. The number of carbonyl (C=O) groups is 1. The first kappa shape index (κ1) is 13.7. The van der Waals surface area contributed by atoms with Crippen molar-refractivity contribution in [2.24, 2.45) is 0 Å². The van der Waals surface area contributed by atoms with E-state index in [0.717, 1.165) is 24.2 Å². The number of aromatic nitrogens is 3. The number of anilines is 1. The molecule has 0 spiro atoms. The molecule has 1 heterocycles. The van der Waals surface area contributed by atoms with Gasteiger partial charge in [-0.2, -0.15) is 0 Å². The van der Waals surface area contributed by atoms with Gasteiger partial charge in [0, 0.05) is 5.69 Å². The molecule has 0 radical (unpaired) electrons. The minimum Gasteiger partial charge on any atom is -0.321 e. The monoisotopic (exact) mass is 304 g/mol. The van der Waals surface area contributed by atoms with Crippen molar-refractivity contribution in [1.29, 1.82) is 0 Å². The number of amides is 1. The third-order valence-electron chi connectivity index (χ3n) is 4.10. The second-order valence-corrected chi connectivity index (χ2v) is 5.68. The molecule has 1 aliphatic carbocycles. The molecular weight excluding hydrogens is 288 g/mol. The van der Waals surface area contributed by atoms with Crippen LogP contribution in [0.25, 0.3) is 5.69 Å². The van der Waals surface area contributed by atoms with Gasteiger partial charge in [0.1, 0.15) is 0 Å². The van der Waals surface area contributed by atoms with Crippen molar-refractivity contribution in [3.05, 3.63) is 71.5 Å². The van der Waals surface area contributed by atoms with Gasteiger partial charge >= 0.3 is 0 Å². The van der Waals surface area contributed by atoms with E-state index in [1.165, 1.54) is 17.5 Å². The van der Waals surface area contributed by atoms with Crippen LogP contribution in [0.4, 0.5) is 5.69 Å². The Kier molecular flexibility index (Phi) is 3.38. The number of aryl methyl sites for hydroxylation is 2. The molecule has 1 aromatic heterocycles. The van der Waals surface area contributed by atoms with Crippen LogP contribution in [0.15, 0.2) is 54.7 Å². The summed E-state index contributed by atoms with van der Waals surface area (Å²) in [5, 5.41) is 10.9. The van der Waals surface area contributed by atoms with E-state index in [0.29, 0.717) is 5.69 Å². The van der Waals surface area contributed by atoms with Gasteiger partial charge in [-0.25, -0.2) is 4.68 Å². The van der Waals surface area contributed by atoms with Crippen LogP contribution in [0.2, 0.25) is 0 Å². The summed E-state index contributed by atoms with van der Waals surface area (Å²) in [5.74, 6) is -0.245. The van der Waals surface area contributed by atoms with Crippen LogP contribution in [0.5, 0.6) is 0 Å². The second-order valence-electron chi connectivity index (χ2n) is 5.68. The first-order chi connectivity index (χ1) is 11.3. The van der Waals surface area contributed by atoms with E-state index in [1.807, 2.05) is 36.4 Å². The van der Waals surface area contributed by atoms with Gasteiger partial charge in [-0.05, 0) is 54.7 Å². The lowest BCUT2D eigenvalue weighted by molar-refractivity contribution is 0.102. The number of hydrogen-bond donors (Lipinski definition) is 1. The number of carbonyl (C=O) groups excluding carboxylic acids is 1. The Hall–Kier alpha value is -2.95. The molecule has 0 saturated heterocycles. The number of para-hydroxylation sites is 1. The molecule has 4 rings (SSSR count). The summed E-state index contributed by atoms with van der Waals surface area (Å²) in [6.45, 7) is 0. The van der Waals surface area contributed by atoms with Gasteiger partial charge < -0.3 is 5.32 Å². The zero-order chi connectivity index (χ0) is 15.6. The summed E-state index contributed by atoms with van der Waals surface area (Å²) in [6, 6.07) is 15.7. The maximum atomic E-state index is 12.3. The van der Waals surface area contributed by atoms with Crippen LogP contribution in [0.3, 0.4) is 0 Å². The van der Waals surface area contributed by atoms with Crippen LogP contribution < -0.4 is 5.32 Å². The van der Waals surface area contributed by atoms with E-state index in [2.05, 4.69) is 27.8 Å². The van der Waals surface area contributed by atoms with Gasteiger partial charge in [-0.15, -0.1) is 5.10 Å². The van der Waals surface area contributed by atoms with E-state index in [-0.39, 0.29) is 5.91 Å². The standard InChI is InChI=1S/C18H16N4O/c23-18(19-15-10-9-13-5-4-6-14(13)11-15)17-12-22(21-20-17)16-7-2-1-3-8-16/h1-3,7-12H,4-6H2,(H,19,23). The third-order valence-corrected chi connectivity index (χ3v) is 4.10. The Labute approximate surface area is 134 Å². The van der Waals surface area contributed by atoms with Crippen LogP contribution in [0.1, 0.15) is 28.0 Å². The van der Waals surface area contributed by atoms with Crippen molar-refractivity contribution in [2.45, 2.75) is 19.3 Å². The van der Waals surface area contributed by atoms with Gasteiger partial charge in [0.05, 0.1) is 11.9 Å². The molecule has 114 valence electrons. The lowest BCUT2D eigenvalue weighted by Gasteiger charge is -2.05.